The van der Waals surface area contributed by atoms with Gasteiger partial charge >= 0.3 is 6.18 Å². The highest BCUT2D eigenvalue weighted by atomic mass is 19.4. The van der Waals surface area contributed by atoms with Gasteiger partial charge in [-0.25, -0.2) is 14.6 Å². The molecule has 4 aromatic heterocycles. The number of nitriles is 1. The molecule has 0 saturated heterocycles. The molecule has 0 atom stereocenters. The summed E-state index contributed by atoms with van der Waals surface area (Å²) in [5.41, 5.74) is 3.52. The molecule has 150 valence electrons. The van der Waals surface area contributed by atoms with Crippen LogP contribution in [-0.2, 0) is 0 Å². The van der Waals surface area contributed by atoms with Crippen LogP contribution in [0.4, 0.5) is 13.2 Å². The lowest BCUT2D eigenvalue weighted by molar-refractivity contribution is -0.0906. The first-order chi connectivity index (χ1) is 14.2. The quantitative estimate of drug-likeness (QED) is 0.485. The predicted molar refractivity (Wildman–Crippen MR) is 105 cm³/mol. The average molecular weight is 408 g/mol. The van der Waals surface area contributed by atoms with Crippen molar-refractivity contribution < 1.29 is 13.2 Å². The molecule has 0 saturated carbocycles. The SMILES string of the molecule is C/C(=C/n1cc(-c2ccc(C#N)nc2-c2ccn3cc(C)nc3c2)cn1)C(F)(F)F. The van der Waals surface area contributed by atoms with E-state index in [-0.39, 0.29) is 5.69 Å². The number of alkyl halides is 3. The fraction of sp³-hybridized carbons (Fsp3) is 0.143. The van der Waals surface area contributed by atoms with Gasteiger partial charge in [0.1, 0.15) is 17.4 Å². The maximum Gasteiger partial charge on any atom is 0.413 e. The lowest BCUT2D eigenvalue weighted by Crippen LogP contribution is -2.09. The summed E-state index contributed by atoms with van der Waals surface area (Å²) in [5.74, 6) is 0. The van der Waals surface area contributed by atoms with Gasteiger partial charge in [-0.05, 0) is 38.1 Å². The molecule has 6 nitrogen and oxygen atoms in total. The van der Waals surface area contributed by atoms with Crippen LogP contribution in [0.3, 0.4) is 0 Å². The second-order valence-electron chi connectivity index (χ2n) is 6.79. The molecule has 9 heteroatoms. The van der Waals surface area contributed by atoms with Gasteiger partial charge in [0.25, 0.3) is 0 Å². The van der Waals surface area contributed by atoms with Gasteiger partial charge in [0, 0.05) is 47.1 Å². The van der Waals surface area contributed by atoms with Crippen molar-refractivity contribution in [1.29, 1.82) is 5.26 Å². The molecule has 0 aromatic carbocycles. The zero-order valence-electron chi connectivity index (χ0n) is 16.0. The third kappa shape index (κ3) is 3.67. The molecular weight excluding hydrogens is 393 g/mol. The van der Waals surface area contributed by atoms with Gasteiger partial charge in [-0.3, -0.25) is 0 Å². The Morgan fingerprint density at radius 3 is 2.67 bits per heavy atom. The van der Waals surface area contributed by atoms with Crippen LogP contribution in [0.2, 0.25) is 0 Å². The largest absolute Gasteiger partial charge is 0.413 e. The van der Waals surface area contributed by atoms with Gasteiger partial charge in [0.15, 0.2) is 0 Å². The third-order valence-corrected chi connectivity index (χ3v) is 4.55. The zero-order valence-corrected chi connectivity index (χ0v) is 16.0. The summed E-state index contributed by atoms with van der Waals surface area (Å²) in [6.45, 7) is 2.87. The first kappa shape index (κ1) is 19.4. The monoisotopic (exact) mass is 408 g/mol. The number of rotatable bonds is 3. The van der Waals surface area contributed by atoms with Crippen molar-refractivity contribution in [2.24, 2.45) is 0 Å². The number of hydrogen-bond acceptors (Lipinski definition) is 4. The van der Waals surface area contributed by atoms with Crippen LogP contribution >= 0.6 is 0 Å². The first-order valence-corrected chi connectivity index (χ1v) is 8.91. The van der Waals surface area contributed by atoms with Crippen molar-refractivity contribution in [1.82, 2.24) is 24.1 Å². The molecule has 0 bridgehead atoms. The second kappa shape index (κ2) is 7.15. The van der Waals surface area contributed by atoms with Crippen molar-refractivity contribution in [2.45, 2.75) is 20.0 Å². The van der Waals surface area contributed by atoms with Crippen LogP contribution in [0.25, 0.3) is 34.2 Å². The van der Waals surface area contributed by atoms with E-state index in [1.165, 1.54) is 12.4 Å². The molecule has 0 amide bonds. The molecule has 0 radical (unpaired) electrons. The van der Waals surface area contributed by atoms with Gasteiger partial charge < -0.3 is 4.40 Å². The minimum atomic E-state index is -4.43. The molecule has 4 rings (SSSR count). The fourth-order valence-corrected chi connectivity index (χ4v) is 3.05. The Balaban J connectivity index is 1.82. The van der Waals surface area contributed by atoms with E-state index in [4.69, 9.17) is 0 Å². The lowest BCUT2D eigenvalue weighted by Gasteiger charge is -2.08. The molecule has 0 aliphatic carbocycles. The molecular formula is C21H15F3N6. The summed E-state index contributed by atoms with van der Waals surface area (Å²) in [7, 11) is 0. The summed E-state index contributed by atoms with van der Waals surface area (Å²) in [6.07, 6.45) is 3.17. The van der Waals surface area contributed by atoms with Crippen LogP contribution < -0.4 is 0 Å². The van der Waals surface area contributed by atoms with Crippen LogP contribution in [0.5, 0.6) is 0 Å². The Bertz CT molecular complexity index is 1320. The maximum atomic E-state index is 12.8. The molecule has 0 N–H and O–H groups in total. The van der Waals surface area contributed by atoms with Crippen molar-refractivity contribution in [3.8, 4) is 28.5 Å². The Kier molecular flexibility index (Phi) is 4.62. The second-order valence-corrected chi connectivity index (χ2v) is 6.79. The van der Waals surface area contributed by atoms with Crippen molar-refractivity contribution in [3.63, 3.8) is 0 Å². The van der Waals surface area contributed by atoms with E-state index >= 15 is 0 Å². The van der Waals surface area contributed by atoms with Crippen molar-refractivity contribution in [3.05, 3.63) is 66.0 Å². The van der Waals surface area contributed by atoms with Gasteiger partial charge in [0.05, 0.1) is 17.6 Å². The molecule has 0 unspecified atom stereocenters. The van der Waals surface area contributed by atoms with Crippen molar-refractivity contribution in [2.75, 3.05) is 0 Å². The Hall–Kier alpha value is -3.93. The van der Waals surface area contributed by atoms with Crippen molar-refractivity contribution >= 4 is 11.8 Å². The fourth-order valence-electron chi connectivity index (χ4n) is 3.05. The number of aromatic nitrogens is 5. The first-order valence-electron chi connectivity index (χ1n) is 8.91. The Morgan fingerprint density at radius 1 is 1.13 bits per heavy atom. The molecule has 4 heterocycles. The summed E-state index contributed by atoms with van der Waals surface area (Å²) >= 11 is 0. The molecule has 0 aliphatic heterocycles. The van der Waals surface area contributed by atoms with Crippen LogP contribution in [0, 0.1) is 18.3 Å². The highest BCUT2D eigenvalue weighted by molar-refractivity contribution is 5.81. The minimum Gasteiger partial charge on any atom is -0.307 e. The summed E-state index contributed by atoms with van der Waals surface area (Å²) in [5, 5.41) is 13.3. The third-order valence-electron chi connectivity index (χ3n) is 4.55. The topological polar surface area (TPSA) is 71.8 Å². The summed E-state index contributed by atoms with van der Waals surface area (Å²) in [6, 6.07) is 8.98. The Morgan fingerprint density at radius 2 is 1.93 bits per heavy atom. The molecule has 0 fully saturated rings. The van der Waals surface area contributed by atoms with Gasteiger partial charge in [-0.15, -0.1) is 0 Å². The molecule has 0 spiro atoms. The smallest absolute Gasteiger partial charge is 0.307 e. The molecule has 30 heavy (non-hydrogen) atoms. The number of hydrogen-bond donors (Lipinski definition) is 0. The van der Waals surface area contributed by atoms with Gasteiger partial charge in [-0.1, -0.05) is 0 Å². The van der Waals surface area contributed by atoms with Gasteiger partial charge in [0.2, 0.25) is 0 Å². The van der Waals surface area contributed by atoms with E-state index < -0.39 is 11.7 Å². The highest BCUT2D eigenvalue weighted by Gasteiger charge is 2.30. The average Bonchev–Trinajstić information content (AvgIpc) is 3.31. The number of allylic oxidation sites excluding steroid dienone is 1. The number of pyridine rings is 2. The van der Waals surface area contributed by atoms with Crippen LogP contribution in [0.1, 0.15) is 18.3 Å². The molecule has 0 aliphatic rings. The van der Waals surface area contributed by atoms with E-state index in [1.54, 1.807) is 12.1 Å². The van der Waals surface area contributed by atoms with Crippen LogP contribution in [-0.4, -0.2) is 30.3 Å². The van der Waals surface area contributed by atoms with E-state index in [1.807, 2.05) is 41.9 Å². The number of aryl methyl sites for hydroxylation is 1. The van der Waals surface area contributed by atoms with Crippen LogP contribution in [0.15, 0.2) is 54.6 Å². The summed E-state index contributed by atoms with van der Waals surface area (Å²) < 4.78 is 41.4. The highest BCUT2D eigenvalue weighted by Crippen LogP contribution is 2.32. The number of fused-ring (bicyclic) bond motifs is 1. The molecule has 4 aromatic rings. The number of nitrogens with zero attached hydrogens (tertiary/aromatic N) is 6. The standard InChI is InChI=1S/C21H15F3N6/c1-13(21(22,23)24)10-30-12-16(9-26-30)18-4-3-17(8-25)28-20(18)15-5-6-29-11-14(2)27-19(29)7-15/h3-7,9-12H,1-2H3/b13-10-. The van der Waals surface area contributed by atoms with E-state index in [9.17, 15) is 18.4 Å². The van der Waals surface area contributed by atoms with E-state index in [0.29, 0.717) is 16.8 Å². The summed E-state index contributed by atoms with van der Waals surface area (Å²) in [4.78, 5) is 8.87. The number of imidazole rings is 1. The number of halogens is 3. The van der Waals surface area contributed by atoms with E-state index in [0.717, 1.165) is 34.7 Å². The minimum absolute atomic E-state index is 0.230. The Labute approximate surface area is 169 Å². The predicted octanol–water partition coefficient (Wildman–Crippen LogP) is 4.86. The van der Waals surface area contributed by atoms with Gasteiger partial charge in [-0.2, -0.15) is 23.5 Å². The van der Waals surface area contributed by atoms with E-state index in [2.05, 4.69) is 15.1 Å². The maximum absolute atomic E-state index is 12.8. The lowest BCUT2D eigenvalue weighted by atomic mass is 10.0. The zero-order chi connectivity index (χ0) is 21.5. The normalized spacial score (nSPS) is 12.3.